The molecule has 0 aliphatic heterocycles. The predicted molar refractivity (Wildman–Crippen MR) is 126 cm³/mol. The molecule has 0 saturated heterocycles. The molecule has 0 spiro atoms. The molecule has 152 valence electrons. The SMILES string of the molecule is Cc1cc(/C=C(/C#N)C(=O)Nc2ccc3ccccc3c2)c(C)n1-c1ccc(Cl)cc1. The van der Waals surface area contributed by atoms with Crippen molar-refractivity contribution in [2.24, 2.45) is 0 Å². The topological polar surface area (TPSA) is 57.8 Å². The number of carbonyl (C=O) groups excluding carboxylic acids is 1. The molecule has 0 aliphatic carbocycles. The van der Waals surface area contributed by atoms with Crippen LogP contribution in [-0.2, 0) is 4.79 Å². The Kier molecular flexibility index (Phi) is 5.62. The van der Waals surface area contributed by atoms with Gasteiger partial charge < -0.3 is 9.88 Å². The lowest BCUT2D eigenvalue weighted by atomic mass is 10.1. The lowest BCUT2D eigenvalue weighted by Gasteiger charge is -2.10. The van der Waals surface area contributed by atoms with Crippen LogP contribution in [0.15, 0.2) is 78.4 Å². The fraction of sp³-hybridized carbons (Fsp3) is 0.0769. The molecular formula is C26H20ClN3O. The Morgan fingerprint density at radius 3 is 2.42 bits per heavy atom. The number of benzene rings is 3. The molecule has 4 aromatic rings. The summed E-state index contributed by atoms with van der Waals surface area (Å²) in [6.45, 7) is 3.95. The minimum Gasteiger partial charge on any atom is -0.321 e. The van der Waals surface area contributed by atoms with Crippen molar-refractivity contribution in [1.29, 1.82) is 5.26 Å². The van der Waals surface area contributed by atoms with E-state index >= 15 is 0 Å². The van der Waals surface area contributed by atoms with Gasteiger partial charge in [0.25, 0.3) is 5.91 Å². The summed E-state index contributed by atoms with van der Waals surface area (Å²) in [5, 5.41) is 15.2. The van der Waals surface area contributed by atoms with Crippen LogP contribution >= 0.6 is 11.6 Å². The van der Waals surface area contributed by atoms with Crippen molar-refractivity contribution in [1.82, 2.24) is 4.57 Å². The number of nitriles is 1. The van der Waals surface area contributed by atoms with E-state index in [2.05, 4.69) is 9.88 Å². The van der Waals surface area contributed by atoms with Gasteiger partial charge in [-0.1, -0.05) is 41.9 Å². The molecule has 0 bridgehead atoms. The second kappa shape index (κ2) is 8.51. The zero-order valence-electron chi connectivity index (χ0n) is 17.2. The number of anilines is 1. The Hall–Kier alpha value is -3.81. The van der Waals surface area contributed by atoms with Crippen LogP contribution in [0, 0.1) is 25.2 Å². The molecule has 0 radical (unpaired) electrons. The summed E-state index contributed by atoms with van der Waals surface area (Å²) < 4.78 is 2.07. The highest BCUT2D eigenvalue weighted by Crippen LogP contribution is 2.25. The first-order valence-corrected chi connectivity index (χ1v) is 10.2. The maximum atomic E-state index is 12.8. The molecule has 0 fully saturated rings. The quantitative estimate of drug-likeness (QED) is 0.302. The molecule has 4 nitrogen and oxygen atoms in total. The third kappa shape index (κ3) is 4.23. The van der Waals surface area contributed by atoms with Gasteiger partial charge in [0.15, 0.2) is 0 Å². The molecule has 1 aromatic heterocycles. The molecule has 4 rings (SSSR count). The van der Waals surface area contributed by atoms with Crippen LogP contribution < -0.4 is 5.32 Å². The summed E-state index contributed by atoms with van der Waals surface area (Å²) in [7, 11) is 0. The Balaban J connectivity index is 1.63. The number of carbonyl (C=O) groups is 1. The zero-order valence-corrected chi connectivity index (χ0v) is 17.9. The van der Waals surface area contributed by atoms with Crippen molar-refractivity contribution < 1.29 is 4.79 Å². The zero-order chi connectivity index (χ0) is 22.0. The van der Waals surface area contributed by atoms with Crippen molar-refractivity contribution in [2.75, 3.05) is 5.32 Å². The fourth-order valence-electron chi connectivity index (χ4n) is 3.69. The van der Waals surface area contributed by atoms with Crippen LogP contribution in [0.4, 0.5) is 5.69 Å². The monoisotopic (exact) mass is 425 g/mol. The minimum absolute atomic E-state index is 0.0458. The summed E-state index contributed by atoms with van der Waals surface area (Å²) in [5.41, 5.74) is 4.42. The van der Waals surface area contributed by atoms with E-state index in [1.54, 1.807) is 6.08 Å². The molecule has 0 aliphatic rings. The maximum absolute atomic E-state index is 12.8. The first kappa shape index (κ1) is 20.5. The van der Waals surface area contributed by atoms with Gasteiger partial charge in [0.1, 0.15) is 11.6 Å². The smallest absolute Gasteiger partial charge is 0.266 e. The molecule has 1 amide bonds. The van der Waals surface area contributed by atoms with Crippen molar-refractivity contribution >= 4 is 40.0 Å². The van der Waals surface area contributed by atoms with E-state index in [-0.39, 0.29) is 5.57 Å². The highest BCUT2D eigenvalue weighted by Gasteiger charge is 2.14. The molecule has 0 unspecified atom stereocenters. The number of rotatable bonds is 4. The van der Waals surface area contributed by atoms with Crippen molar-refractivity contribution in [3.05, 3.63) is 100 Å². The number of hydrogen-bond acceptors (Lipinski definition) is 2. The van der Waals surface area contributed by atoms with Crippen molar-refractivity contribution in [3.63, 3.8) is 0 Å². The van der Waals surface area contributed by atoms with E-state index < -0.39 is 5.91 Å². The van der Waals surface area contributed by atoms with Crippen LogP contribution in [0.5, 0.6) is 0 Å². The maximum Gasteiger partial charge on any atom is 0.266 e. The van der Waals surface area contributed by atoms with Crippen molar-refractivity contribution in [3.8, 4) is 11.8 Å². The van der Waals surface area contributed by atoms with Gasteiger partial charge >= 0.3 is 0 Å². The van der Waals surface area contributed by atoms with E-state index in [0.717, 1.165) is 33.4 Å². The molecule has 1 heterocycles. The normalized spacial score (nSPS) is 11.4. The van der Waals surface area contributed by atoms with Gasteiger partial charge in [-0.25, -0.2) is 0 Å². The van der Waals surface area contributed by atoms with Gasteiger partial charge in [0.2, 0.25) is 0 Å². The Morgan fingerprint density at radius 2 is 1.71 bits per heavy atom. The Bertz CT molecular complexity index is 1360. The molecule has 1 N–H and O–H groups in total. The molecular weight excluding hydrogens is 406 g/mol. The van der Waals surface area contributed by atoms with Gasteiger partial charge in [-0.05, 0) is 78.7 Å². The number of nitrogens with zero attached hydrogens (tertiary/aromatic N) is 2. The second-order valence-corrected chi connectivity index (χ2v) is 7.76. The lowest BCUT2D eigenvalue weighted by Crippen LogP contribution is -2.13. The summed E-state index contributed by atoms with van der Waals surface area (Å²) >= 11 is 6.01. The fourth-order valence-corrected chi connectivity index (χ4v) is 3.82. The summed E-state index contributed by atoms with van der Waals surface area (Å²) in [6, 6.07) is 25.1. The first-order chi connectivity index (χ1) is 15.0. The Labute approximate surface area is 186 Å². The number of aryl methyl sites for hydroxylation is 1. The van der Waals surface area contributed by atoms with E-state index in [0.29, 0.717) is 10.7 Å². The minimum atomic E-state index is -0.436. The number of fused-ring (bicyclic) bond motifs is 1. The second-order valence-electron chi connectivity index (χ2n) is 7.32. The van der Waals surface area contributed by atoms with Gasteiger partial charge in [0, 0.05) is 27.8 Å². The lowest BCUT2D eigenvalue weighted by molar-refractivity contribution is -0.112. The van der Waals surface area contributed by atoms with Crippen molar-refractivity contribution in [2.45, 2.75) is 13.8 Å². The highest BCUT2D eigenvalue weighted by molar-refractivity contribution is 6.30. The number of nitrogens with one attached hydrogen (secondary N) is 1. The molecule has 5 heteroatoms. The third-order valence-corrected chi connectivity index (χ3v) is 5.48. The van der Waals surface area contributed by atoms with Crippen LogP contribution in [0.2, 0.25) is 5.02 Å². The van der Waals surface area contributed by atoms with Crippen LogP contribution in [-0.4, -0.2) is 10.5 Å². The van der Waals surface area contributed by atoms with E-state index in [9.17, 15) is 10.1 Å². The molecule has 0 atom stereocenters. The predicted octanol–water partition coefficient (Wildman–Crippen LogP) is 6.45. The van der Waals surface area contributed by atoms with Crippen LogP contribution in [0.3, 0.4) is 0 Å². The highest BCUT2D eigenvalue weighted by atomic mass is 35.5. The van der Waals surface area contributed by atoms with Gasteiger partial charge in [0.05, 0.1) is 0 Å². The van der Waals surface area contributed by atoms with E-state index in [4.69, 9.17) is 11.6 Å². The number of halogens is 1. The van der Waals surface area contributed by atoms with Crippen LogP contribution in [0.25, 0.3) is 22.5 Å². The average Bonchev–Trinajstić information content (AvgIpc) is 3.05. The molecule has 31 heavy (non-hydrogen) atoms. The summed E-state index contributed by atoms with van der Waals surface area (Å²) in [5.74, 6) is -0.436. The standard InChI is InChI=1S/C26H20ClN3O/c1-17-13-21(18(2)30(17)25-11-8-23(27)9-12-25)14-22(16-28)26(31)29-24-10-7-19-5-3-4-6-20(19)15-24/h3-15H,1-2H3,(H,29,31)/b22-14-. The largest absolute Gasteiger partial charge is 0.321 e. The number of amides is 1. The number of aromatic nitrogens is 1. The van der Waals surface area contributed by atoms with Gasteiger partial charge in [-0.15, -0.1) is 0 Å². The van der Waals surface area contributed by atoms with E-state index in [1.807, 2.05) is 92.7 Å². The third-order valence-electron chi connectivity index (χ3n) is 5.23. The first-order valence-electron chi connectivity index (χ1n) is 9.83. The summed E-state index contributed by atoms with van der Waals surface area (Å²) in [6.07, 6.45) is 1.63. The Morgan fingerprint density at radius 1 is 1.00 bits per heavy atom. The van der Waals surface area contributed by atoms with Gasteiger partial charge in [-0.3, -0.25) is 4.79 Å². The van der Waals surface area contributed by atoms with Gasteiger partial charge in [-0.2, -0.15) is 5.26 Å². The van der Waals surface area contributed by atoms with E-state index in [1.165, 1.54) is 0 Å². The summed E-state index contributed by atoms with van der Waals surface area (Å²) in [4.78, 5) is 12.8. The number of hydrogen-bond donors (Lipinski definition) is 1. The molecule has 0 saturated carbocycles. The van der Waals surface area contributed by atoms with Crippen LogP contribution in [0.1, 0.15) is 17.0 Å². The average molecular weight is 426 g/mol. The molecule has 3 aromatic carbocycles.